The molecule has 128 valence electrons. The Labute approximate surface area is 143 Å². The van der Waals surface area contributed by atoms with E-state index in [9.17, 15) is 4.79 Å². The van der Waals surface area contributed by atoms with E-state index in [0.29, 0.717) is 24.8 Å². The van der Waals surface area contributed by atoms with Crippen molar-refractivity contribution in [3.8, 4) is 0 Å². The van der Waals surface area contributed by atoms with Crippen molar-refractivity contribution in [2.75, 3.05) is 18.4 Å². The highest BCUT2D eigenvalue weighted by atomic mass is 16.3. The number of carbonyl (C=O) groups is 1. The van der Waals surface area contributed by atoms with Crippen molar-refractivity contribution in [2.24, 2.45) is 0 Å². The Hall–Kier alpha value is -2.90. The van der Waals surface area contributed by atoms with Crippen LogP contribution in [0.15, 0.2) is 35.3 Å². The molecule has 3 aromatic rings. The summed E-state index contributed by atoms with van der Waals surface area (Å²) in [6.45, 7) is 1.34. The fourth-order valence-corrected chi connectivity index (χ4v) is 3.37. The highest BCUT2D eigenvalue weighted by Crippen LogP contribution is 2.41. The number of rotatable bonds is 4. The second-order valence-electron chi connectivity index (χ2n) is 6.67. The van der Waals surface area contributed by atoms with Gasteiger partial charge in [-0.15, -0.1) is 5.10 Å². The maximum atomic E-state index is 12.7. The molecule has 0 radical (unpaired) electrons. The van der Waals surface area contributed by atoms with E-state index < -0.39 is 0 Å². The minimum atomic E-state index is -0.0540. The van der Waals surface area contributed by atoms with Gasteiger partial charge in [-0.2, -0.15) is 0 Å². The molecular formula is C17H18N6O2. The summed E-state index contributed by atoms with van der Waals surface area (Å²) in [6.07, 6.45) is 7.99. The van der Waals surface area contributed by atoms with Crippen molar-refractivity contribution in [2.45, 2.75) is 31.2 Å². The molecule has 2 aliphatic rings. The van der Waals surface area contributed by atoms with Crippen molar-refractivity contribution in [1.29, 1.82) is 0 Å². The summed E-state index contributed by atoms with van der Waals surface area (Å²) in [5.41, 5.74) is 1.64. The number of imidazole rings is 1. The zero-order valence-corrected chi connectivity index (χ0v) is 13.6. The zero-order valence-electron chi connectivity index (χ0n) is 13.6. The molecule has 1 aliphatic carbocycles. The molecule has 8 nitrogen and oxygen atoms in total. The predicted molar refractivity (Wildman–Crippen MR) is 89.4 cm³/mol. The third-order valence-electron chi connectivity index (χ3n) is 4.84. The lowest BCUT2D eigenvalue weighted by Gasteiger charge is -2.16. The fourth-order valence-electron chi connectivity index (χ4n) is 3.37. The van der Waals surface area contributed by atoms with Gasteiger partial charge in [-0.3, -0.25) is 4.79 Å². The number of hydrogen-bond donors (Lipinski definition) is 1. The van der Waals surface area contributed by atoms with Gasteiger partial charge < -0.3 is 14.6 Å². The molecule has 2 fully saturated rings. The van der Waals surface area contributed by atoms with Crippen molar-refractivity contribution >= 4 is 17.4 Å². The standard InChI is InChI=1S/C17H18N6O2/c24-17(16-15(11-1-2-11)19-10-25-16)22-7-5-12(9-22)20-13-3-4-14-18-6-8-23(14)21-13/h3-4,6,8,10-12H,1-2,5,7,9H2,(H,20,21). The van der Waals surface area contributed by atoms with Gasteiger partial charge in [0, 0.05) is 37.4 Å². The third kappa shape index (κ3) is 2.63. The van der Waals surface area contributed by atoms with Crippen molar-refractivity contribution < 1.29 is 9.21 Å². The van der Waals surface area contributed by atoms with Gasteiger partial charge in [0.25, 0.3) is 5.91 Å². The van der Waals surface area contributed by atoms with Crippen molar-refractivity contribution in [3.63, 3.8) is 0 Å². The minimum absolute atomic E-state index is 0.0540. The second-order valence-corrected chi connectivity index (χ2v) is 6.67. The maximum absolute atomic E-state index is 12.7. The lowest BCUT2D eigenvalue weighted by atomic mass is 10.2. The van der Waals surface area contributed by atoms with E-state index in [1.807, 2.05) is 23.2 Å². The van der Waals surface area contributed by atoms with Crippen LogP contribution in [0.5, 0.6) is 0 Å². The number of nitrogens with one attached hydrogen (secondary N) is 1. The molecule has 1 atom stereocenters. The van der Waals surface area contributed by atoms with Gasteiger partial charge in [-0.1, -0.05) is 0 Å². The first-order chi connectivity index (χ1) is 12.3. The van der Waals surface area contributed by atoms with Crippen LogP contribution in [0, 0.1) is 0 Å². The second kappa shape index (κ2) is 5.58. The average molecular weight is 338 g/mol. The first-order valence-electron chi connectivity index (χ1n) is 8.57. The third-order valence-corrected chi connectivity index (χ3v) is 4.84. The molecule has 0 spiro atoms. The summed E-state index contributed by atoms with van der Waals surface area (Å²) in [7, 11) is 0. The monoisotopic (exact) mass is 338 g/mol. The maximum Gasteiger partial charge on any atom is 0.291 e. The molecule has 0 aromatic carbocycles. The number of oxazole rings is 1. The summed E-state index contributed by atoms with van der Waals surface area (Å²) in [5.74, 6) is 1.55. The Bertz CT molecular complexity index is 928. The van der Waals surface area contributed by atoms with Crippen LogP contribution in [-0.4, -0.2) is 49.5 Å². The highest BCUT2D eigenvalue weighted by molar-refractivity contribution is 5.93. The summed E-state index contributed by atoms with van der Waals surface area (Å²) in [4.78, 5) is 23.0. The number of aromatic nitrogens is 4. The first kappa shape index (κ1) is 14.4. The molecule has 3 aromatic heterocycles. The van der Waals surface area contributed by atoms with Crippen LogP contribution in [0.4, 0.5) is 5.82 Å². The van der Waals surface area contributed by atoms with Gasteiger partial charge >= 0.3 is 0 Å². The van der Waals surface area contributed by atoms with Gasteiger partial charge in [-0.25, -0.2) is 14.5 Å². The molecule has 1 unspecified atom stereocenters. The van der Waals surface area contributed by atoms with Gasteiger partial charge in [-0.05, 0) is 31.4 Å². The fraction of sp³-hybridized carbons (Fsp3) is 0.412. The Morgan fingerprint density at radius 2 is 2.16 bits per heavy atom. The molecule has 1 saturated heterocycles. The number of amides is 1. The van der Waals surface area contributed by atoms with Crippen molar-refractivity contribution in [3.05, 3.63) is 42.4 Å². The molecule has 4 heterocycles. The molecule has 1 saturated carbocycles. The van der Waals surface area contributed by atoms with E-state index in [-0.39, 0.29) is 11.9 Å². The smallest absolute Gasteiger partial charge is 0.291 e. The van der Waals surface area contributed by atoms with E-state index in [1.165, 1.54) is 6.39 Å². The summed E-state index contributed by atoms with van der Waals surface area (Å²) >= 11 is 0. The van der Waals surface area contributed by atoms with E-state index in [0.717, 1.165) is 36.4 Å². The van der Waals surface area contributed by atoms with Crippen LogP contribution in [0.25, 0.3) is 5.65 Å². The number of anilines is 1. The van der Waals surface area contributed by atoms with Crippen LogP contribution in [-0.2, 0) is 0 Å². The van der Waals surface area contributed by atoms with Crippen LogP contribution >= 0.6 is 0 Å². The van der Waals surface area contributed by atoms with Gasteiger partial charge in [0.05, 0.1) is 5.69 Å². The van der Waals surface area contributed by atoms with E-state index in [1.54, 1.807) is 10.7 Å². The number of hydrogen-bond acceptors (Lipinski definition) is 6. The average Bonchev–Trinajstić information content (AvgIpc) is 3.06. The van der Waals surface area contributed by atoms with Gasteiger partial charge in [0.2, 0.25) is 5.76 Å². The Kier molecular flexibility index (Phi) is 3.22. The SMILES string of the molecule is O=C(c1ocnc1C1CC1)N1CCC(Nc2ccc3nccn3n2)C1. The molecular weight excluding hydrogens is 320 g/mol. The van der Waals surface area contributed by atoms with Crippen LogP contribution < -0.4 is 5.32 Å². The largest absolute Gasteiger partial charge is 0.438 e. The quantitative estimate of drug-likeness (QED) is 0.782. The van der Waals surface area contributed by atoms with Crippen molar-refractivity contribution in [1.82, 2.24) is 24.5 Å². The molecule has 1 aliphatic heterocycles. The molecule has 8 heteroatoms. The van der Waals surface area contributed by atoms with Crippen LogP contribution in [0.3, 0.4) is 0 Å². The normalized spacial score (nSPS) is 20.3. The Morgan fingerprint density at radius 1 is 1.24 bits per heavy atom. The number of carbonyl (C=O) groups excluding carboxylic acids is 1. The summed E-state index contributed by atoms with van der Waals surface area (Å²) < 4.78 is 7.12. The van der Waals surface area contributed by atoms with E-state index in [2.05, 4.69) is 20.4 Å². The summed E-state index contributed by atoms with van der Waals surface area (Å²) in [5, 5.41) is 7.88. The topological polar surface area (TPSA) is 88.6 Å². The van der Waals surface area contributed by atoms with Crippen LogP contribution in [0.2, 0.25) is 0 Å². The molecule has 0 bridgehead atoms. The van der Waals surface area contributed by atoms with Gasteiger partial charge in [0.1, 0.15) is 5.82 Å². The highest BCUT2D eigenvalue weighted by Gasteiger charge is 2.35. The lowest BCUT2D eigenvalue weighted by molar-refractivity contribution is 0.0758. The number of likely N-dealkylation sites (tertiary alicyclic amines) is 1. The molecule has 1 amide bonds. The molecule has 1 N–H and O–H groups in total. The van der Waals surface area contributed by atoms with Crippen LogP contribution in [0.1, 0.15) is 41.4 Å². The van der Waals surface area contributed by atoms with E-state index in [4.69, 9.17) is 4.42 Å². The Balaban J connectivity index is 1.27. The predicted octanol–water partition coefficient (Wildman–Crippen LogP) is 1.92. The summed E-state index contributed by atoms with van der Waals surface area (Å²) in [6, 6.07) is 4.00. The first-order valence-corrected chi connectivity index (χ1v) is 8.57. The van der Waals surface area contributed by atoms with E-state index >= 15 is 0 Å². The minimum Gasteiger partial charge on any atom is -0.438 e. The number of fused-ring (bicyclic) bond motifs is 1. The Morgan fingerprint density at radius 3 is 3.04 bits per heavy atom. The lowest BCUT2D eigenvalue weighted by Crippen LogP contribution is -2.32. The zero-order chi connectivity index (χ0) is 16.8. The molecule has 25 heavy (non-hydrogen) atoms. The molecule has 5 rings (SSSR count). The van der Waals surface area contributed by atoms with Gasteiger partial charge in [0.15, 0.2) is 12.0 Å². The number of nitrogens with zero attached hydrogens (tertiary/aromatic N) is 5.